The number of fused-ring (bicyclic) bond motifs is 1. The summed E-state index contributed by atoms with van der Waals surface area (Å²) in [4.78, 5) is 13.7. The number of halogens is 1. The zero-order valence-corrected chi connectivity index (χ0v) is 16.3. The van der Waals surface area contributed by atoms with Crippen LogP contribution in [0.15, 0.2) is 42.5 Å². The van der Waals surface area contributed by atoms with E-state index in [1.54, 1.807) is 0 Å². The fraction of sp³-hybridized carbons (Fsp3) is 0.381. The molecule has 2 aliphatic heterocycles. The van der Waals surface area contributed by atoms with Crippen molar-refractivity contribution in [3.05, 3.63) is 53.1 Å². The molecule has 2 aliphatic rings. The van der Waals surface area contributed by atoms with E-state index in [0.717, 1.165) is 47.3 Å². The van der Waals surface area contributed by atoms with Gasteiger partial charge in [0.2, 0.25) is 5.91 Å². The minimum atomic E-state index is -0.507. The third kappa shape index (κ3) is 4.41. The van der Waals surface area contributed by atoms with Crippen LogP contribution in [-0.4, -0.2) is 49.4 Å². The van der Waals surface area contributed by atoms with Crippen LogP contribution in [0, 0.1) is 0 Å². The van der Waals surface area contributed by atoms with E-state index in [2.05, 4.69) is 15.5 Å². The van der Waals surface area contributed by atoms with E-state index in [9.17, 15) is 9.90 Å². The van der Waals surface area contributed by atoms with Crippen molar-refractivity contribution in [2.45, 2.75) is 25.0 Å². The van der Waals surface area contributed by atoms with Crippen molar-refractivity contribution in [3.8, 4) is 5.75 Å². The molecule has 2 aromatic carbocycles. The molecule has 0 aliphatic carbocycles. The van der Waals surface area contributed by atoms with Gasteiger partial charge in [0.05, 0.1) is 25.2 Å². The predicted octanol–water partition coefficient (Wildman–Crippen LogP) is 2.44. The smallest absolute Gasteiger partial charge is 0.228 e. The van der Waals surface area contributed by atoms with E-state index in [1.165, 1.54) is 0 Å². The summed E-state index contributed by atoms with van der Waals surface area (Å²) in [6, 6.07) is 13.4. The van der Waals surface area contributed by atoms with Crippen LogP contribution in [0.4, 0.5) is 11.4 Å². The molecule has 7 heteroatoms. The van der Waals surface area contributed by atoms with Gasteiger partial charge in [0.15, 0.2) is 0 Å². The lowest BCUT2D eigenvalue weighted by atomic mass is 10.0. The number of aliphatic hydroxyl groups excluding tert-OH is 1. The SMILES string of the molecule is O=C1Cc2cc(OCC[C@H](O)[C@@H]3CN(c4ccc(Cl)cc4)CCN3)ccc2N1. The molecule has 1 fully saturated rings. The first-order valence-electron chi connectivity index (χ1n) is 9.56. The lowest BCUT2D eigenvalue weighted by Gasteiger charge is -2.37. The second kappa shape index (κ2) is 8.39. The maximum absolute atomic E-state index is 11.4. The number of benzene rings is 2. The lowest BCUT2D eigenvalue weighted by molar-refractivity contribution is -0.115. The van der Waals surface area contributed by atoms with Gasteiger partial charge >= 0.3 is 0 Å². The molecule has 148 valence electrons. The van der Waals surface area contributed by atoms with E-state index in [4.69, 9.17) is 16.3 Å². The molecule has 28 heavy (non-hydrogen) atoms. The molecule has 0 unspecified atom stereocenters. The third-order valence-corrected chi connectivity index (χ3v) is 5.50. The molecule has 0 bridgehead atoms. The highest BCUT2D eigenvalue weighted by molar-refractivity contribution is 6.30. The Balaban J connectivity index is 1.28. The van der Waals surface area contributed by atoms with E-state index in [-0.39, 0.29) is 11.9 Å². The van der Waals surface area contributed by atoms with Crippen LogP contribution < -0.4 is 20.3 Å². The fourth-order valence-electron chi connectivity index (χ4n) is 3.72. The number of ether oxygens (including phenoxy) is 1. The Labute approximate surface area is 169 Å². The van der Waals surface area contributed by atoms with Crippen molar-refractivity contribution in [1.29, 1.82) is 0 Å². The molecule has 0 spiro atoms. The van der Waals surface area contributed by atoms with Crippen LogP contribution in [0.3, 0.4) is 0 Å². The number of hydrogen-bond donors (Lipinski definition) is 3. The number of aliphatic hydroxyl groups is 1. The van der Waals surface area contributed by atoms with Crippen LogP contribution in [0.5, 0.6) is 5.75 Å². The van der Waals surface area contributed by atoms with Gasteiger partial charge in [-0.05, 0) is 48.0 Å². The summed E-state index contributed by atoms with van der Waals surface area (Å²) in [6.07, 6.45) is 0.412. The normalized spacial score (nSPS) is 19.9. The molecule has 2 heterocycles. The number of carbonyl (C=O) groups excluding carboxylic acids is 1. The van der Waals surface area contributed by atoms with E-state index in [0.29, 0.717) is 19.4 Å². The van der Waals surface area contributed by atoms with Crippen molar-refractivity contribution < 1.29 is 14.6 Å². The van der Waals surface area contributed by atoms with Gasteiger partial charge in [0.25, 0.3) is 0 Å². The zero-order valence-electron chi connectivity index (χ0n) is 15.5. The van der Waals surface area contributed by atoms with Crippen molar-refractivity contribution in [3.63, 3.8) is 0 Å². The first-order chi connectivity index (χ1) is 13.6. The molecular weight excluding hydrogens is 378 g/mol. The largest absolute Gasteiger partial charge is 0.493 e. The molecule has 6 nitrogen and oxygen atoms in total. The Morgan fingerprint density at radius 2 is 2.07 bits per heavy atom. The third-order valence-electron chi connectivity index (χ3n) is 5.25. The van der Waals surface area contributed by atoms with Crippen LogP contribution in [-0.2, 0) is 11.2 Å². The van der Waals surface area contributed by atoms with Gasteiger partial charge in [0.1, 0.15) is 5.75 Å². The van der Waals surface area contributed by atoms with Crippen LogP contribution in [0.1, 0.15) is 12.0 Å². The number of anilines is 2. The molecule has 0 radical (unpaired) electrons. The van der Waals surface area contributed by atoms with E-state index >= 15 is 0 Å². The Kier molecular flexibility index (Phi) is 5.71. The van der Waals surface area contributed by atoms with E-state index in [1.807, 2.05) is 42.5 Å². The number of carbonyl (C=O) groups is 1. The first-order valence-corrected chi connectivity index (χ1v) is 9.94. The highest BCUT2D eigenvalue weighted by Crippen LogP contribution is 2.27. The summed E-state index contributed by atoms with van der Waals surface area (Å²) >= 11 is 5.97. The Morgan fingerprint density at radius 3 is 2.89 bits per heavy atom. The van der Waals surface area contributed by atoms with E-state index < -0.39 is 6.10 Å². The number of nitrogens with one attached hydrogen (secondary N) is 2. The van der Waals surface area contributed by atoms with Crippen LogP contribution >= 0.6 is 11.6 Å². The monoisotopic (exact) mass is 401 g/mol. The number of piperazine rings is 1. The number of nitrogens with zero attached hydrogens (tertiary/aromatic N) is 1. The van der Waals surface area contributed by atoms with Gasteiger partial charge < -0.3 is 25.4 Å². The molecule has 4 rings (SSSR count). The van der Waals surface area contributed by atoms with Crippen molar-refractivity contribution in [2.75, 3.05) is 36.5 Å². The molecule has 1 saturated heterocycles. The summed E-state index contributed by atoms with van der Waals surface area (Å²) in [5.74, 6) is 0.734. The van der Waals surface area contributed by atoms with Gasteiger partial charge in [-0.25, -0.2) is 0 Å². The molecule has 2 atom stereocenters. The average Bonchev–Trinajstić information content (AvgIpc) is 3.08. The van der Waals surface area contributed by atoms with Crippen LogP contribution in [0.25, 0.3) is 0 Å². The molecule has 2 aromatic rings. The Bertz CT molecular complexity index is 843. The molecule has 1 amide bonds. The summed E-state index contributed by atoms with van der Waals surface area (Å²) in [5.41, 5.74) is 2.92. The Hall–Kier alpha value is -2.28. The quantitative estimate of drug-likeness (QED) is 0.693. The second-order valence-corrected chi connectivity index (χ2v) is 7.67. The predicted molar refractivity (Wildman–Crippen MR) is 110 cm³/mol. The highest BCUT2D eigenvalue weighted by atomic mass is 35.5. The second-order valence-electron chi connectivity index (χ2n) is 7.23. The summed E-state index contributed by atoms with van der Waals surface area (Å²) in [5, 5.41) is 17.5. The number of rotatable bonds is 6. The fourth-order valence-corrected chi connectivity index (χ4v) is 3.84. The number of hydrogen-bond acceptors (Lipinski definition) is 5. The van der Waals surface area contributed by atoms with Gasteiger partial charge in [-0.15, -0.1) is 0 Å². The number of amides is 1. The summed E-state index contributed by atoms with van der Waals surface area (Å²) in [7, 11) is 0. The standard InChI is InChI=1S/C21H24ClN3O3/c22-15-1-3-16(4-2-15)25-9-8-23-19(13-25)20(26)7-10-28-17-5-6-18-14(11-17)12-21(27)24-18/h1-6,11,19-20,23,26H,7-10,12-13H2,(H,24,27)/t19-,20-/m0/s1. The van der Waals surface area contributed by atoms with Gasteiger partial charge in [-0.2, -0.15) is 0 Å². The van der Waals surface area contributed by atoms with Crippen molar-refractivity contribution in [1.82, 2.24) is 5.32 Å². The minimum Gasteiger partial charge on any atom is -0.493 e. The van der Waals surface area contributed by atoms with Gasteiger partial charge in [-0.1, -0.05) is 11.6 Å². The highest BCUT2D eigenvalue weighted by Gasteiger charge is 2.26. The minimum absolute atomic E-state index is 0.0104. The molecule has 0 aromatic heterocycles. The first kappa shape index (κ1) is 19.1. The molecule has 3 N–H and O–H groups in total. The summed E-state index contributed by atoms with van der Waals surface area (Å²) < 4.78 is 5.80. The lowest BCUT2D eigenvalue weighted by Crippen LogP contribution is -2.56. The maximum Gasteiger partial charge on any atom is 0.228 e. The summed E-state index contributed by atoms with van der Waals surface area (Å²) in [6.45, 7) is 2.86. The van der Waals surface area contributed by atoms with Gasteiger partial charge in [0, 0.05) is 42.5 Å². The van der Waals surface area contributed by atoms with Gasteiger partial charge in [-0.3, -0.25) is 4.79 Å². The zero-order chi connectivity index (χ0) is 19.5. The topological polar surface area (TPSA) is 73.8 Å². The Morgan fingerprint density at radius 1 is 1.25 bits per heavy atom. The average molecular weight is 402 g/mol. The molecular formula is C21H24ClN3O3. The van der Waals surface area contributed by atoms with Crippen LogP contribution in [0.2, 0.25) is 5.02 Å². The van der Waals surface area contributed by atoms with Crippen molar-refractivity contribution >= 4 is 28.9 Å². The van der Waals surface area contributed by atoms with Crippen molar-refractivity contribution in [2.24, 2.45) is 0 Å². The molecule has 0 saturated carbocycles. The maximum atomic E-state index is 11.4.